The molecule has 0 spiro atoms. The fourth-order valence-electron chi connectivity index (χ4n) is 2.05. The predicted octanol–water partition coefficient (Wildman–Crippen LogP) is 4.23. The zero-order valence-corrected chi connectivity index (χ0v) is 14.1. The summed E-state index contributed by atoms with van der Waals surface area (Å²) >= 11 is 6.01. The standard InChI is InChI=1S/C18H19ClN2O2/c1-11-4-6-14(8-13(11)3)20-17(22)10-18(23)21-15-7-5-12(2)16(19)9-15/h4-9H,10H2,1-3H3,(H,20,22)(H,21,23). The molecular weight excluding hydrogens is 312 g/mol. The Morgan fingerprint density at radius 1 is 0.826 bits per heavy atom. The number of carbonyl (C=O) groups is 2. The van der Waals surface area contributed by atoms with E-state index in [2.05, 4.69) is 10.6 Å². The molecule has 0 radical (unpaired) electrons. The lowest BCUT2D eigenvalue weighted by Crippen LogP contribution is -2.21. The van der Waals surface area contributed by atoms with Crippen molar-refractivity contribution >= 4 is 34.8 Å². The fraction of sp³-hybridized carbons (Fsp3) is 0.222. The molecule has 0 aromatic heterocycles. The Hall–Kier alpha value is -2.33. The van der Waals surface area contributed by atoms with Crippen molar-refractivity contribution in [1.29, 1.82) is 0 Å². The van der Waals surface area contributed by atoms with Gasteiger partial charge in [0.25, 0.3) is 0 Å². The smallest absolute Gasteiger partial charge is 0.233 e. The maximum absolute atomic E-state index is 11.9. The van der Waals surface area contributed by atoms with Gasteiger partial charge in [-0.2, -0.15) is 0 Å². The van der Waals surface area contributed by atoms with Crippen LogP contribution in [-0.4, -0.2) is 11.8 Å². The van der Waals surface area contributed by atoms with Crippen LogP contribution in [0.3, 0.4) is 0 Å². The van der Waals surface area contributed by atoms with Gasteiger partial charge in [0.15, 0.2) is 0 Å². The van der Waals surface area contributed by atoms with E-state index < -0.39 is 0 Å². The Morgan fingerprint density at radius 3 is 1.87 bits per heavy atom. The van der Waals surface area contributed by atoms with Crippen LogP contribution >= 0.6 is 11.6 Å². The van der Waals surface area contributed by atoms with Crippen molar-refractivity contribution in [2.45, 2.75) is 27.2 Å². The molecule has 0 fully saturated rings. The molecule has 2 rings (SSSR count). The second kappa shape index (κ2) is 7.29. The number of nitrogens with one attached hydrogen (secondary N) is 2. The number of anilines is 2. The van der Waals surface area contributed by atoms with Crippen LogP contribution in [0.25, 0.3) is 0 Å². The summed E-state index contributed by atoms with van der Waals surface area (Å²) in [5.41, 5.74) is 4.42. The van der Waals surface area contributed by atoms with Crippen LogP contribution in [-0.2, 0) is 9.59 Å². The minimum Gasteiger partial charge on any atom is -0.326 e. The summed E-state index contributed by atoms with van der Waals surface area (Å²) < 4.78 is 0. The molecule has 2 amide bonds. The Bertz CT molecular complexity index is 693. The molecule has 23 heavy (non-hydrogen) atoms. The first-order valence-corrected chi connectivity index (χ1v) is 7.66. The van der Waals surface area contributed by atoms with Crippen LogP contribution < -0.4 is 10.6 Å². The first-order chi connectivity index (χ1) is 10.8. The number of carbonyl (C=O) groups excluding carboxylic acids is 2. The molecule has 0 bridgehead atoms. The van der Waals surface area contributed by atoms with Gasteiger partial charge in [0.05, 0.1) is 0 Å². The number of halogens is 1. The second-order valence-corrected chi connectivity index (χ2v) is 5.94. The maximum atomic E-state index is 11.9. The number of hydrogen-bond donors (Lipinski definition) is 2. The van der Waals surface area contributed by atoms with E-state index in [1.54, 1.807) is 12.1 Å². The topological polar surface area (TPSA) is 58.2 Å². The SMILES string of the molecule is Cc1ccc(NC(=O)CC(=O)Nc2ccc(C)c(Cl)c2)cc1C. The van der Waals surface area contributed by atoms with Crippen LogP contribution in [0.2, 0.25) is 5.02 Å². The highest BCUT2D eigenvalue weighted by molar-refractivity contribution is 6.31. The van der Waals surface area contributed by atoms with Crippen LogP contribution in [0.5, 0.6) is 0 Å². The normalized spacial score (nSPS) is 10.3. The summed E-state index contributed by atoms with van der Waals surface area (Å²) in [6, 6.07) is 10.9. The lowest BCUT2D eigenvalue weighted by atomic mass is 10.1. The summed E-state index contributed by atoms with van der Waals surface area (Å²) in [4.78, 5) is 23.8. The third-order valence-corrected chi connectivity index (χ3v) is 3.97. The molecule has 0 aliphatic carbocycles. The van der Waals surface area contributed by atoms with Crippen LogP contribution in [0, 0.1) is 20.8 Å². The predicted molar refractivity (Wildman–Crippen MR) is 94.0 cm³/mol. The van der Waals surface area contributed by atoms with Gasteiger partial charge in [0.2, 0.25) is 11.8 Å². The number of amides is 2. The van der Waals surface area contributed by atoms with Crippen LogP contribution in [0.1, 0.15) is 23.1 Å². The fourth-order valence-corrected chi connectivity index (χ4v) is 2.23. The number of aryl methyl sites for hydroxylation is 3. The van der Waals surface area contributed by atoms with E-state index in [1.165, 1.54) is 0 Å². The third kappa shape index (κ3) is 4.83. The van der Waals surface area contributed by atoms with Gasteiger partial charge in [-0.1, -0.05) is 23.7 Å². The summed E-state index contributed by atoms with van der Waals surface area (Å²) in [6.07, 6.45) is -0.252. The Balaban J connectivity index is 1.92. The van der Waals surface area contributed by atoms with E-state index in [1.807, 2.05) is 45.0 Å². The van der Waals surface area contributed by atoms with Crippen molar-refractivity contribution in [3.63, 3.8) is 0 Å². The minimum atomic E-state index is -0.383. The monoisotopic (exact) mass is 330 g/mol. The maximum Gasteiger partial charge on any atom is 0.233 e. The largest absolute Gasteiger partial charge is 0.326 e. The molecule has 0 saturated heterocycles. The van der Waals surface area contributed by atoms with Crippen molar-refractivity contribution in [2.75, 3.05) is 10.6 Å². The Morgan fingerprint density at radius 2 is 1.35 bits per heavy atom. The highest BCUT2D eigenvalue weighted by Crippen LogP contribution is 2.20. The van der Waals surface area contributed by atoms with Gasteiger partial charge in [-0.15, -0.1) is 0 Å². The molecule has 4 nitrogen and oxygen atoms in total. The Kier molecular flexibility index (Phi) is 5.40. The lowest BCUT2D eigenvalue weighted by molar-refractivity contribution is -0.123. The first-order valence-electron chi connectivity index (χ1n) is 7.28. The highest BCUT2D eigenvalue weighted by atomic mass is 35.5. The molecule has 2 N–H and O–H groups in total. The summed E-state index contributed by atoms with van der Waals surface area (Å²) in [5.74, 6) is -0.741. The first kappa shape index (κ1) is 17.0. The second-order valence-electron chi connectivity index (χ2n) is 5.54. The quantitative estimate of drug-likeness (QED) is 0.824. The lowest BCUT2D eigenvalue weighted by Gasteiger charge is -2.09. The molecule has 0 saturated carbocycles. The highest BCUT2D eigenvalue weighted by Gasteiger charge is 2.11. The number of hydrogen-bond acceptors (Lipinski definition) is 2. The molecule has 0 atom stereocenters. The van der Waals surface area contributed by atoms with E-state index in [0.717, 1.165) is 16.7 Å². The molecule has 0 aliphatic heterocycles. The van der Waals surface area contributed by atoms with E-state index >= 15 is 0 Å². The minimum absolute atomic E-state index is 0.252. The molecule has 5 heteroatoms. The van der Waals surface area contributed by atoms with Gasteiger partial charge in [-0.3, -0.25) is 9.59 Å². The van der Waals surface area contributed by atoms with Crippen LogP contribution in [0.15, 0.2) is 36.4 Å². The van der Waals surface area contributed by atoms with E-state index in [9.17, 15) is 9.59 Å². The average Bonchev–Trinajstić information content (AvgIpc) is 2.46. The zero-order chi connectivity index (χ0) is 17.0. The summed E-state index contributed by atoms with van der Waals surface area (Å²) in [5, 5.41) is 5.96. The molecule has 2 aromatic rings. The van der Waals surface area contributed by atoms with E-state index in [0.29, 0.717) is 16.4 Å². The summed E-state index contributed by atoms with van der Waals surface area (Å²) in [7, 11) is 0. The molecule has 2 aromatic carbocycles. The van der Waals surface area contributed by atoms with E-state index in [-0.39, 0.29) is 18.2 Å². The van der Waals surface area contributed by atoms with Gasteiger partial charge < -0.3 is 10.6 Å². The third-order valence-electron chi connectivity index (χ3n) is 3.57. The van der Waals surface area contributed by atoms with Crippen molar-refractivity contribution in [3.05, 3.63) is 58.1 Å². The van der Waals surface area contributed by atoms with Gasteiger partial charge in [0, 0.05) is 16.4 Å². The average molecular weight is 331 g/mol. The van der Waals surface area contributed by atoms with E-state index in [4.69, 9.17) is 11.6 Å². The van der Waals surface area contributed by atoms with Crippen molar-refractivity contribution in [2.24, 2.45) is 0 Å². The van der Waals surface area contributed by atoms with Gasteiger partial charge in [-0.05, 0) is 61.7 Å². The molecular formula is C18H19ClN2O2. The zero-order valence-electron chi connectivity index (χ0n) is 13.4. The number of benzene rings is 2. The van der Waals surface area contributed by atoms with Crippen molar-refractivity contribution in [1.82, 2.24) is 0 Å². The number of rotatable bonds is 4. The van der Waals surface area contributed by atoms with Crippen LogP contribution in [0.4, 0.5) is 11.4 Å². The van der Waals surface area contributed by atoms with Gasteiger partial charge >= 0.3 is 0 Å². The van der Waals surface area contributed by atoms with Gasteiger partial charge in [0.1, 0.15) is 6.42 Å². The summed E-state index contributed by atoms with van der Waals surface area (Å²) in [6.45, 7) is 5.85. The molecule has 0 unspecified atom stereocenters. The molecule has 0 heterocycles. The molecule has 0 aliphatic rings. The Labute approximate surface area is 140 Å². The van der Waals surface area contributed by atoms with Crippen molar-refractivity contribution < 1.29 is 9.59 Å². The van der Waals surface area contributed by atoms with Crippen molar-refractivity contribution in [3.8, 4) is 0 Å². The molecule has 120 valence electrons. The van der Waals surface area contributed by atoms with Gasteiger partial charge in [-0.25, -0.2) is 0 Å².